The highest BCUT2D eigenvalue weighted by Gasteiger charge is 2.32. The van der Waals surface area contributed by atoms with Gasteiger partial charge in [0.1, 0.15) is 0 Å². The smallest absolute Gasteiger partial charge is 0.335 e. The lowest BCUT2D eigenvalue weighted by molar-refractivity contribution is 0.0543. The first-order chi connectivity index (χ1) is 22.2. The topological polar surface area (TPSA) is 116 Å². The zero-order valence-electron chi connectivity index (χ0n) is 26.8. The molecule has 2 heterocycles. The van der Waals surface area contributed by atoms with Crippen molar-refractivity contribution in [3.8, 4) is 16.8 Å². The van der Waals surface area contributed by atoms with Crippen molar-refractivity contribution >= 4 is 17.8 Å². The zero-order valence-corrected chi connectivity index (χ0v) is 26.8. The summed E-state index contributed by atoms with van der Waals surface area (Å²) in [5, 5.41) is 24.5. The number of rotatable bonds is 12. The predicted octanol–water partition coefficient (Wildman–Crippen LogP) is 6.15. The average Bonchev–Trinajstić information content (AvgIpc) is 3.47. The third-order valence-corrected chi connectivity index (χ3v) is 8.70. The van der Waals surface area contributed by atoms with Crippen molar-refractivity contribution < 1.29 is 24.6 Å². The van der Waals surface area contributed by atoms with Crippen LogP contribution in [-0.2, 0) is 13.0 Å². The molecule has 2 amide bonds. The second-order valence-corrected chi connectivity index (χ2v) is 11.9. The van der Waals surface area contributed by atoms with Gasteiger partial charge in [-0.2, -0.15) is 5.10 Å². The fraction of sp³-hybridized carbons (Fsp3) is 0.351. The summed E-state index contributed by atoms with van der Waals surface area (Å²) in [6.45, 7) is 7.57. The van der Waals surface area contributed by atoms with Crippen LogP contribution in [0, 0.1) is 6.92 Å². The number of benzene rings is 3. The molecule has 9 nitrogen and oxygen atoms in total. The number of aliphatic hydroxyl groups is 1. The van der Waals surface area contributed by atoms with Crippen molar-refractivity contribution in [1.29, 1.82) is 0 Å². The molecule has 5 rings (SSSR count). The van der Waals surface area contributed by atoms with E-state index in [1.165, 1.54) is 12.1 Å². The van der Waals surface area contributed by atoms with E-state index in [0.29, 0.717) is 48.7 Å². The molecule has 1 unspecified atom stereocenters. The SMILES string of the molecule is CCCCN(CCCC)C(=O)c1cc(C)n(-c2ccc(-c3ccc(C(=O)O)cc3)cc2C(=O)N2Cc3ccccc3CC2CO)n1. The van der Waals surface area contributed by atoms with E-state index >= 15 is 0 Å². The van der Waals surface area contributed by atoms with Gasteiger partial charge in [-0.25, -0.2) is 9.48 Å². The molecular weight excluding hydrogens is 580 g/mol. The van der Waals surface area contributed by atoms with E-state index in [1.54, 1.807) is 33.8 Å². The van der Waals surface area contributed by atoms with Crippen molar-refractivity contribution in [3.05, 3.63) is 106 Å². The number of nitrogens with zero attached hydrogens (tertiary/aromatic N) is 4. The molecule has 1 aliphatic rings. The number of carboxylic acids is 1. The summed E-state index contributed by atoms with van der Waals surface area (Å²) in [6.07, 6.45) is 4.32. The molecule has 0 spiro atoms. The normalized spacial score (nSPS) is 14.2. The molecule has 240 valence electrons. The number of aryl methyl sites for hydroxylation is 1. The first-order valence-corrected chi connectivity index (χ1v) is 16.1. The summed E-state index contributed by atoms with van der Waals surface area (Å²) < 4.78 is 1.65. The number of aromatic nitrogens is 2. The zero-order chi connectivity index (χ0) is 32.8. The Kier molecular flexibility index (Phi) is 10.3. The van der Waals surface area contributed by atoms with Crippen LogP contribution in [0.15, 0.2) is 72.8 Å². The van der Waals surface area contributed by atoms with Crippen LogP contribution in [0.1, 0.15) is 87.6 Å². The number of carboxylic acid groups (broad SMARTS) is 1. The molecule has 3 aromatic carbocycles. The van der Waals surface area contributed by atoms with Gasteiger partial charge in [-0.15, -0.1) is 0 Å². The second kappa shape index (κ2) is 14.6. The molecule has 1 aromatic heterocycles. The van der Waals surface area contributed by atoms with Crippen LogP contribution < -0.4 is 0 Å². The number of unbranched alkanes of at least 4 members (excludes halogenated alkanes) is 2. The highest BCUT2D eigenvalue weighted by Crippen LogP contribution is 2.30. The van der Waals surface area contributed by atoms with Crippen LogP contribution in [0.25, 0.3) is 16.8 Å². The van der Waals surface area contributed by atoms with Crippen LogP contribution >= 0.6 is 0 Å². The van der Waals surface area contributed by atoms with E-state index in [0.717, 1.165) is 47.9 Å². The third-order valence-electron chi connectivity index (χ3n) is 8.70. The van der Waals surface area contributed by atoms with E-state index < -0.39 is 12.0 Å². The van der Waals surface area contributed by atoms with E-state index in [2.05, 4.69) is 13.8 Å². The molecule has 1 atom stereocenters. The van der Waals surface area contributed by atoms with Crippen LogP contribution in [0.4, 0.5) is 0 Å². The minimum Gasteiger partial charge on any atom is -0.478 e. The number of aromatic carboxylic acids is 1. The maximum atomic E-state index is 14.5. The van der Waals surface area contributed by atoms with Gasteiger partial charge in [-0.1, -0.05) is 69.2 Å². The Morgan fingerprint density at radius 3 is 2.17 bits per heavy atom. The van der Waals surface area contributed by atoms with E-state index in [-0.39, 0.29) is 24.0 Å². The molecular formula is C37H42N4O5. The van der Waals surface area contributed by atoms with Gasteiger partial charge in [0.05, 0.1) is 29.5 Å². The first-order valence-electron chi connectivity index (χ1n) is 16.1. The molecule has 46 heavy (non-hydrogen) atoms. The summed E-state index contributed by atoms with van der Waals surface area (Å²) in [6, 6.07) is 21.3. The monoisotopic (exact) mass is 622 g/mol. The standard InChI is InChI=1S/C37H42N4O5/c1-4-6-18-39(19-7-5-2)36(44)33-20-25(3)41(38-33)34-17-16-29(26-12-14-27(15-13-26)37(45)46)22-32(34)35(43)40-23-30-11-9-8-10-28(30)21-31(40)24-42/h8-17,20,22,31,42H,4-7,18-19,21,23-24H2,1-3H3,(H,45,46). The molecule has 2 N–H and O–H groups in total. The van der Waals surface area contributed by atoms with Crippen LogP contribution in [0.2, 0.25) is 0 Å². The van der Waals surface area contributed by atoms with Gasteiger partial charge < -0.3 is 20.0 Å². The lowest BCUT2D eigenvalue weighted by Gasteiger charge is -2.36. The number of hydrogen-bond donors (Lipinski definition) is 2. The number of aliphatic hydroxyl groups excluding tert-OH is 1. The molecule has 0 saturated heterocycles. The molecule has 0 bridgehead atoms. The van der Waals surface area contributed by atoms with Gasteiger partial charge in [0.15, 0.2) is 5.69 Å². The van der Waals surface area contributed by atoms with Crippen molar-refractivity contribution in [2.45, 2.75) is 65.5 Å². The Hall–Kier alpha value is -4.76. The summed E-state index contributed by atoms with van der Waals surface area (Å²) in [7, 11) is 0. The molecule has 1 aliphatic heterocycles. The summed E-state index contributed by atoms with van der Waals surface area (Å²) >= 11 is 0. The van der Waals surface area contributed by atoms with Crippen molar-refractivity contribution in [2.75, 3.05) is 19.7 Å². The fourth-order valence-electron chi connectivity index (χ4n) is 6.02. The lowest BCUT2D eigenvalue weighted by Crippen LogP contribution is -2.46. The molecule has 4 aromatic rings. The van der Waals surface area contributed by atoms with Crippen LogP contribution in [0.5, 0.6) is 0 Å². The molecule has 0 aliphatic carbocycles. The quantitative estimate of drug-likeness (QED) is 0.196. The predicted molar refractivity (Wildman–Crippen MR) is 177 cm³/mol. The fourth-order valence-corrected chi connectivity index (χ4v) is 6.02. The van der Waals surface area contributed by atoms with Gasteiger partial charge in [0.2, 0.25) is 0 Å². The number of amides is 2. The van der Waals surface area contributed by atoms with Gasteiger partial charge in [0, 0.05) is 25.3 Å². The van der Waals surface area contributed by atoms with Gasteiger partial charge in [-0.3, -0.25) is 9.59 Å². The second-order valence-electron chi connectivity index (χ2n) is 11.9. The van der Waals surface area contributed by atoms with Crippen molar-refractivity contribution in [1.82, 2.24) is 19.6 Å². The van der Waals surface area contributed by atoms with Crippen molar-refractivity contribution in [2.24, 2.45) is 0 Å². The molecule has 9 heteroatoms. The molecule has 0 radical (unpaired) electrons. The molecule has 0 saturated carbocycles. The minimum absolute atomic E-state index is 0.125. The minimum atomic E-state index is -1.01. The van der Waals surface area contributed by atoms with Crippen LogP contribution in [-0.4, -0.2) is 73.3 Å². The highest BCUT2D eigenvalue weighted by atomic mass is 16.4. The Labute approximate surface area is 270 Å². The first kappa shape index (κ1) is 32.6. The Balaban J connectivity index is 1.58. The summed E-state index contributed by atoms with van der Waals surface area (Å²) in [5.74, 6) is -1.40. The maximum absolute atomic E-state index is 14.5. The largest absolute Gasteiger partial charge is 0.478 e. The third kappa shape index (κ3) is 6.89. The van der Waals surface area contributed by atoms with Gasteiger partial charge in [-0.05, 0) is 78.8 Å². The Morgan fingerprint density at radius 2 is 1.54 bits per heavy atom. The highest BCUT2D eigenvalue weighted by molar-refractivity contribution is 6.00. The van der Waals surface area contributed by atoms with Gasteiger partial charge >= 0.3 is 5.97 Å². The van der Waals surface area contributed by atoms with E-state index in [4.69, 9.17) is 5.10 Å². The molecule has 0 fully saturated rings. The number of carbonyl (C=O) groups excluding carboxylic acids is 2. The van der Waals surface area contributed by atoms with Gasteiger partial charge in [0.25, 0.3) is 11.8 Å². The van der Waals surface area contributed by atoms with E-state index in [1.807, 2.05) is 48.2 Å². The number of carbonyl (C=O) groups is 3. The summed E-state index contributed by atoms with van der Waals surface area (Å²) in [5.41, 5.74) is 5.74. The average molecular weight is 623 g/mol. The summed E-state index contributed by atoms with van der Waals surface area (Å²) in [4.78, 5) is 43.2. The maximum Gasteiger partial charge on any atom is 0.335 e. The van der Waals surface area contributed by atoms with Crippen LogP contribution in [0.3, 0.4) is 0 Å². The number of fused-ring (bicyclic) bond motifs is 1. The number of hydrogen-bond acceptors (Lipinski definition) is 5. The van der Waals surface area contributed by atoms with Crippen molar-refractivity contribution in [3.63, 3.8) is 0 Å². The van der Waals surface area contributed by atoms with E-state index in [9.17, 15) is 24.6 Å². The Morgan fingerprint density at radius 1 is 0.891 bits per heavy atom. The Bertz CT molecular complexity index is 1700. The lowest BCUT2D eigenvalue weighted by atomic mass is 9.93.